The number of methoxy groups -OCH3 is 2. The first-order chi connectivity index (χ1) is 17.1. The molecule has 0 amide bonds. The van der Waals surface area contributed by atoms with Gasteiger partial charge in [-0.3, -0.25) is 0 Å². The fourth-order valence-electron chi connectivity index (χ4n) is 4.55. The van der Waals surface area contributed by atoms with Gasteiger partial charge < -0.3 is 19.1 Å². The van der Waals surface area contributed by atoms with Crippen LogP contribution in [0, 0.1) is 23.0 Å². The zero-order chi connectivity index (χ0) is 26.2. The van der Waals surface area contributed by atoms with Crippen molar-refractivity contribution in [2.75, 3.05) is 14.2 Å². The lowest BCUT2D eigenvalue weighted by atomic mass is 9.81. The number of halogens is 2. The molecule has 6 nitrogen and oxygen atoms in total. The maximum Gasteiger partial charge on any atom is 0.339 e. The molecule has 3 aromatic carbocycles. The highest BCUT2D eigenvalue weighted by atomic mass is 19.1. The number of carboxylic acid groups (broad SMARTS) is 1. The van der Waals surface area contributed by atoms with Gasteiger partial charge in [0.05, 0.1) is 25.8 Å². The molecule has 4 rings (SSSR count). The zero-order valence-corrected chi connectivity index (χ0v) is 20.2. The van der Waals surface area contributed by atoms with Gasteiger partial charge in [-0.2, -0.15) is 5.26 Å². The van der Waals surface area contributed by atoms with E-state index >= 15 is 0 Å². The Kier molecular flexibility index (Phi) is 6.42. The van der Waals surface area contributed by atoms with Gasteiger partial charge >= 0.3 is 5.97 Å². The van der Waals surface area contributed by atoms with Crippen LogP contribution in [0.5, 0.6) is 11.5 Å². The number of nitrogens with zero attached hydrogens (tertiary/aromatic N) is 2. The van der Waals surface area contributed by atoms with Crippen molar-refractivity contribution in [3.05, 3.63) is 77.5 Å². The van der Waals surface area contributed by atoms with Crippen LogP contribution in [-0.4, -0.2) is 29.9 Å². The molecule has 0 aliphatic carbocycles. The molecule has 0 saturated heterocycles. The zero-order valence-electron chi connectivity index (χ0n) is 20.2. The van der Waals surface area contributed by atoms with Crippen molar-refractivity contribution in [2.45, 2.75) is 25.7 Å². The van der Waals surface area contributed by atoms with Crippen molar-refractivity contribution >= 4 is 16.9 Å². The van der Waals surface area contributed by atoms with E-state index < -0.39 is 23.0 Å². The summed E-state index contributed by atoms with van der Waals surface area (Å²) in [7, 11) is 2.74. The lowest BCUT2D eigenvalue weighted by molar-refractivity contribution is 0.0693. The monoisotopic (exact) mass is 490 g/mol. The molecular weight excluding hydrogens is 466 g/mol. The highest BCUT2D eigenvalue weighted by Crippen LogP contribution is 2.45. The van der Waals surface area contributed by atoms with Gasteiger partial charge in [0.15, 0.2) is 11.6 Å². The normalized spacial score (nSPS) is 11.4. The Morgan fingerprint density at radius 2 is 1.75 bits per heavy atom. The number of aromatic carboxylic acids is 1. The number of carbonyl (C=O) groups is 1. The minimum Gasteiger partial charge on any atom is -0.496 e. The summed E-state index contributed by atoms with van der Waals surface area (Å²) >= 11 is 0. The first-order valence-electron chi connectivity index (χ1n) is 11.1. The smallest absolute Gasteiger partial charge is 0.339 e. The maximum absolute atomic E-state index is 14.6. The Labute approximate surface area is 206 Å². The number of fused-ring (bicyclic) bond motifs is 1. The van der Waals surface area contributed by atoms with Gasteiger partial charge in [0.1, 0.15) is 17.1 Å². The number of rotatable bonds is 7. The van der Waals surface area contributed by atoms with Crippen LogP contribution in [0.2, 0.25) is 0 Å². The summed E-state index contributed by atoms with van der Waals surface area (Å²) in [6, 6.07) is 15.6. The Balaban J connectivity index is 2.18. The minimum absolute atomic E-state index is 0.00265. The third-order valence-electron chi connectivity index (χ3n) is 6.21. The Morgan fingerprint density at radius 1 is 1.03 bits per heavy atom. The van der Waals surface area contributed by atoms with E-state index in [4.69, 9.17) is 9.47 Å². The van der Waals surface area contributed by atoms with Crippen molar-refractivity contribution < 1.29 is 28.2 Å². The molecule has 1 heterocycles. The summed E-state index contributed by atoms with van der Waals surface area (Å²) in [5, 5.41) is 19.8. The summed E-state index contributed by atoms with van der Waals surface area (Å²) < 4.78 is 41.2. The molecule has 0 aliphatic rings. The highest BCUT2D eigenvalue weighted by molar-refractivity contribution is 6.01. The molecule has 1 aromatic heterocycles. The van der Waals surface area contributed by atoms with Crippen LogP contribution in [0.25, 0.3) is 27.7 Å². The number of ether oxygens (including phenoxy) is 2. The van der Waals surface area contributed by atoms with Crippen LogP contribution in [0.15, 0.2) is 54.6 Å². The third kappa shape index (κ3) is 4.13. The van der Waals surface area contributed by atoms with Crippen LogP contribution in [0.1, 0.15) is 36.3 Å². The van der Waals surface area contributed by atoms with Crippen molar-refractivity contribution in [2.24, 2.45) is 0 Å². The van der Waals surface area contributed by atoms with Crippen molar-refractivity contribution in [3.8, 4) is 34.4 Å². The molecular formula is C28H24F2N2O4. The lowest BCUT2D eigenvalue weighted by Crippen LogP contribution is -2.22. The summed E-state index contributed by atoms with van der Waals surface area (Å²) in [4.78, 5) is 11.7. The molecule has 4 aromatic rings. The Morgan fingerprint density at radius 3 is 2.39 bits per heavy atom. The molecule has 8 heteroatoms. The van der Waals surface area contributed by atoms with Gasteiger partial charge in [0, 0.05) is 40.2 Å². The van der Waals surface area contributed by atoms with Gasteiger partial charge in [-0.25, -0.2) is 13.6 Å². The molecule has 0 unspecified atom stereocenters. The highest BCUT2D eigenvalue weighted by Gasteiger charge is 2.32. The SMILES string of the molecule is COc1cc(-n2c(C(C)(C)CC#N)c(-c3ccc(C(=O)O)c(OC)c3)c3ccc(F)cc32)ccc1F. The van der Waals surface area contributed by atoms with E-state index in [2.05, 4.69) is 6.07 Å². The molecule has 0 fully saturated rings. The van der Waals surface area contributed by atoms with E-state index in [1.165, 1.54) is 44.6 Å². The predicted molar refractivity (Wildman–Crippen MR) is 132 cm³/mol. The number of nitriles is 1. The molecule has 1 N–H and O–H groups in total. The van der Waals surface area contributed by atoms with E-state index in [9.17, 15) is 23.9 Å². The fraction of sp³-hybridized carbons (Fsp3) is 0.214. The van der Waals surface area contributed by atoms with Crippen molar-refractivity contribution in [1.82, 2.24) is 4.57 Å². The van der Waals surface area contributed by atoms with Gasteiger partial charge in [-0.15, -0.1) is 0 Å². The average Bonchev–Trinajstić information content (AvgIpc) is 3.19. The second-order valence-electron chi connectivity index (χ2n) is 8.98. The van der Waals surface area contributed by atoms with Crippen molar-refractivity contribution in [1.29, 1.82) is 5.26 Å². The van der Waals surface area contributed by atoms with E-state index in [0.717, 1.165) is 0 Å². The summed E-state index contributed by atoms with van der Waals surface area (Å²) in [6.45, 7) is 3.79. The van der Waals surface area contributed by atoms with Crippen LogP contribution in [0.3, 0.4) is 0 Å². The largest absolute Gasteiger partial charge is 0.496 e. The van der Waals surface area contributed by atoms with Crippen LogP contribution in [-0.2, 0) is 5.41 Å². The number of hydrogen-bond acceptors (Lipinski definition) is 4. The molecule has 0 spiro atoms. The third-order valence-corrected chi connectivity index (χ3v) is 6.21. The average molecular weight is 491 g/mol. The first-order valence-corrected chi connectivity index (χ1v) is 11.1. The van der Waals surface area contributed by atoms with Crippen LogP contribution >= 0.6 is 0 Å². The summed E-state index contributed by atoms with van der Waals surface area (Å²) in [5.74, 6) is -1.97. The molecule has 0 bridgehead atoms. The van der Waals surface area contributed by atoms with E-state index in [1.807, 2.05) is 13.8 Å². The van der Waals surface area contributed by atoms with Gasteiger partial charge in [0.25, 0.3) is 0 Å². The molecule has 36 heavy (non-hydrogen) atoms. The summed E-state index contributed by atoms with van der Waals surface area (Å²) in [6.07, 6.45) is 0.126. The minimum atomic E-state index is -1.13. The van der Waals surface area contributed by atoms with E-state index in [1.54, 1.807) is 28.8 Å². The van der Waals surface area contributed by atoms with Crippen LogP contribution in [0.4, 0.5) is 8.78 Å². The molecule has 0 saturated carbocycles. The van der Waals surface area contributed by atoms with Gasteiger partial charge in [-0.1, -0.05) is 19.9 Å². The fourth-order valence-corrected chi connectivity index (χ4v) is 4.55. The molecule has 0 aliphatic heterocycles. The van der Waals surface area contributed by atoms with Crippen LogP contribution < -0.4 is 9.47 Å². The second-order valence-corrected chi connectivity index (χ2v) is 8.98. The second kappa shape index (κ2) is 9.34. The Bertz CT molecular complexity index is 1530. The van der Waals surface area contributed by atoms with Gasteiger partial charge in [-0.05, 0) is 48.0 Å². The number of carboxylic acids is 1. The number of benzene rings is 3. The first kappa shape index (κ1) is 24.7. The number of aromatic nitrogens is 1. The topological polar surface area (TPSA) is 84.5 Å². The number of hydrogen-bond donors (Lipinski definition) is 1. The molecule has 184 valence electrons. The maximum atomic E-state index is 14.6. The quantitative estimate of drug-likeness (QED) is 0.320. The standard InChI is InChI=1S/C28H24F2N2O4/c1-28(2,11-12-31)26-25(16-5-8-20(27(33)34)23(13-16)35-3)19-9-6-17(29)14-22(19)32(26)18-7-10-21(30)24(15-18)36-4/h5-10,13-15H,11H2,1-4H3,(H,33,34). The molecule has 0 atom stereocenters. The Hall–Kier alpha value is -4.38. The molecule has 0 radical (unpaired) electrons. The van der Waals surface area contributed by atoms with E-state index in [-0.39, 0.29) is 23.5 Å². The van der Waals surface area contributed by atoms with Crippen molar-refractivity contribution in [3.63, 3.8) is 0 Å². The van der Waals surface area contributed by atoms with Gasteiger partial charge in [0.2, 0.25) is 0 Å². The van der Waals surface area contributed by atoms with E-state index in [0.29, 0.717) is 33.4 Å². The lowest BCUT2D eigenvalue weighted by Gasteiger charge is -2.27. The predicted octanol–water partition coefficient (Wildman–Crippen LogP) is 6.48. The summed E-state index contributed by atoms with van der Waals surface area (Å²) in [5.41, 5.74) is 2.25.